The topological polar surface area (TPSA) is 20.3 Å². The zero-order valence-corrected chi connectivity index (χ0v) is 42.5. The second-order valence-corrected chi connectivity index (χ2v) is 23.6. The van der Waals surface area contributed by atoms with E-state index in [0.29, 0.717) is 6.04 Å². The maximum Gasteiger partial charge on any atom is 2.00 e. The predicted octanol–water partition coefficient (Wildman–Crippen LogP) is 15.7. The summed E-state index contributed by atoms with van der Waals surface area (Å²) in [6, 6.07) is 84.2. The second kappa shape index (κ2) is 20.9. The van der Waals surface area contributed by atoms with Crippen molar-refractivity contribution in [1.29, 1.82) is 0 Å². The summed E-state index contributed by atoms with van der Waals surface area (Å²) in [6.07, 6.45) is 0. The Hall–Kier alpha value is -5.73. The van der Waals surface area contributed by atoms with Crippen LogP contribution < -0.4 is 31.8 Å². The normalized spacial score (nSPS) is 13.0. The molecule has 0 saturated heterocycles. The Morgan fingerprint density at radius 3 is 1.30 bits per heavy atom. The molecule has 358 valence electrons. The van der Waals surface area contributed by atoms with Gasteiger partial charge in [-0.1, -0.05) is 206 Å². The summed E-state index contributed by atoms with van der Waals surface area (Å²) in [5.74, 6) is 0. The smallest absolute Gasteiger partial charge is 0.309 e. The standard InChI is InChI=1S/C44H32OP2.C14H16N.F6P.Pd/c45-47(37-23-9-3-10-24-37,38-25-11-4-12-26-38)42-32-30-34-18-14-16-28-40(34)44(42)43-39-27-15-13-17-33(39)29-31-41(43)46(35-19-5-1-6-20-35)36-21-7-2-8-22-36;1-11(15(2)3)13-10-6-8-12-7-4-5-9-14(12)13;1-7(2,3,4,5)6;/h1-32H;4-9,11H,1-3H3;;/q;2*-1;+2/t;11-;;/m.0../s1. The molecule has 1 atom stereocenters. The summed E-state index contributed by atoms with van der Waals surface area (Å²) < 4.78 is 75.4. The van der Waals surface area contributed by atoms with Gasteiger partial charge < -0.3 is 9.46 Å². The Morgan fingerprint density at radius 2 is 0.843 bits per heavy atom. The summed E-state index contributed by atoms with van der Waals surface area (Å²) in [7, 11) is -10.8. The molecule has 0 heterocycles. The van der Waals surface area contributed by atoms with Gasteiger partial charge in [0.05, 0.1) is 0 Å². The molecule has 0 aliphatic heterocycles. The molecular formula is C58H48F6NOP3Pd. The van der Waals surface area contributed by atoms with E-state index < -0.39 is 22.9 Å². The van der Waals surface area contributed by atoms with Crippen molar-refractivity contribution in [2.45, 2.75) is 13.0 Å². The van der Waals surface area contributed by atoms with Crippen molar-refractivity contribution in [3.63, 3.8) is 0 Å². The average Bonchev–Trinajstić information content (AvgIpc) is 3.36. The van der Waals surface area contributed by atoms with Crippen molar-refractivity contribution in [3.8, 4) is 11.1 Å². The van der Waals surface area contributed by atoms with Gasteiger partial charge in [0, 0.05) is 27.5 Å². The number of hydrogen-bond acceptors (Lipinski definition) is 2. The minimum Gasteiger partial charge on any atom is -0.309 e. The van der Waals surface area contributed by atoms with Gasteiger partial charge in [0.1, 0.15) is 0 Å². The van der Waals surface area contributed by atoms with Crippen LogP contribution in [-0.4, -0.2) is 19.0 Å². The summed E-state index contributed by atoms with van der Waals surface area (Å²) in [5.41, 5.74) is 3.48. The molecule has 0 spiro atoms. The first-order chi connectivity index (χ1) is 32.9. The maximum absolute atomic E-state index is 16.2. The van der Waals surface area contributed by atoms with Gasteiger partial charge in [0.15, 0.2) is 7.14 Å². The molecule has 0 aliphatic rings. The van der Waals surface area contributed by atoms with E-state index in [1.807, 2.05) is 66.7 Å². The Kier molecular flexibility index (Phi) is 15.6. The van der Waals surface area contributed by atoms with Crippen LogP contribution in [0.4, 0.5) is 25.2 Å². The number of rotatable bonds is 9. The molecule has 0 N–H and O–H groups in total. The molecule has 0 unspecified atom stereocenters. The van der Waals surface area contributed by atoms with Crippen molar-refractivity contribution >= 4 is 87.0 Å². The minimum atomic E-state index is -10.7. The maximum atomic E-state index is 16.2. The zero-order chi connectivity index (χ0) is 48.9. The van der Waals surface area contributed by atoms with E-state index in [1.54, 1.807) is 0 Å². The molecule has 0 aliphatic carbocycles. The van der Waals surface area contributed by atoms with Crippen molar-refractivity contribution in [1.82, 2.24) is 4.90 Å². The Morgan fingerprint density at radius 1 is 0.471 bits per heavy atom. The van der Waals surface area contributed by atoms with Crippen LogP contribution in [0.15, 0.2) is 231 Å². The van der Waals surface area contributed by atoms with Crippen molar-refractivity contribution in [2.75, 3.05) is 14.1 Å². The van der Waals surface area contributed by atoms with Crippen LogP contribution in [0, 0.1) is 6.07 Å². The first-order valence-electron chi connectivity index (χ1n) is 22.2. The number of fused-ring (bicyclic) bond motifs is 3. The monoisotopic (exact) mass is 1090 g/mol. The van der Waals surface area contributed by atoms with Crippen LogP contribution in [0.3, 0.4) is 0 Å². The summed E-state index contributed by atoms with van der Waals surface area (Å²) in [5, 5.41) is 13.5. The second-order valence-electron chi connectivity index (χ2n) is 16.7. The molecule has 12 heteroatoms. The fourth-order valence-electron chi connectivity index (χ4n) is 8.57. The molecule has 0 radical (unpaired) electrons. The quantitative estimate of drug-likeness (QED) is 0.0621. The largest absolute Gasteiger partial charge is 2.00 e. The number of hydrogen-bond donors (Lipinski definition) is 0. The van der Waals surface area contributed by atoms with Gasteiger partial charge in [0.2, 0.25) is 0 Å². The zero-order valence-electron chi connectivity index (χ0n) is 38.3. The van der Waals surface area contributed by atoms with E-state index >= 15 is 4.57 Å². The van der Waals surface area contributed by atoms with Gasteiger partial charge in [-0.2, -0.15) is 18.2 Å². The van der Waals surface area contributed by atoms with E-state index in [0.717, 1.165) is 48.6 Å². The van der Waals surface area contributed by atoms with E-state index in [1.165, 1.54) is 32.2 Å². The van der Waals surface area contributed by atoms with Gasteiger partial charge in [-0.05, 0) is 78.0 Å². The molecule has 0 aromatic heterocycles. The van der Waals surface area contributed by atoms with Crippen LogP contribution in [0.5, 0.6) is 0 Å². The molecule has 10 aromatic carbocycles. The molecule has 10 rings (SSSR count). The van der Waals surface area contributed by atoms with Gasteiger partial charge in [-0.15, -0.1) is 22.4 Å². The summed E-state index contributed by atoms with van der Waals surface area (Å²) in [4.78, 5) is 2.21. The molecule has 0 fully saturated rings. The van der Waals surface area contributed by atoms with Crippen LogP contribution in [0.2, 0.25) is 0 Å². The molecular weight excluding hydrogens is 1040 g/mol. The van der Waals surface area contributed by atoms with Gasteiger partial charge in [-0.3, -0.25) is 0 Å². The van der Waals surface area contributed by atoms with Crippen molar-refractivity contribution in [3.05, 3.63) is 242 Å². The van der Waals surface area contributed by atoms with Crippen LogP contribution in [0.25, 0.3) is 43.4 Å². The Balaban J connectivity index is 0.000000260. The first kappa shape index (κ1) is 52.1. The molecule has 0 bridgehead atoms. The van der Waals surface area contributed by atoms with Crippen molar-refractivity contribution in [2.24, 2.45) is 0 Å². The van der Waals surface area contributed by atoms with E-state index in [-0.39, 0.29) is 20.4 Å². The Bertz CT molecular complexity index is 3320. The summed E-state index contributed by atoms with van der Waals surface area (Å²) >= 11 is 0. The fraction of sp³-hybridized carbons (Fsp3) is 0.0690. The fourth-order valence-corrected chi connectivity index (χ4v) is 13.9. The van der Waals surface area contributed by atoms with Crippen molar-refractivity contribution < 1.29 is 50.2 Å². The third-order valence-electron chi connectivity index (χ3n) is 11.9. The summed E-state index contributed by atoms with van der Waals surface area (Å²) in [6.45, 7) is 2.21. The van der Waals surface area contributed by atoms with Crippen LogP contribution in [-0.2, 0) is 25.0 Å². The Labute approximate surface area is 420 Å². The predicted molar refractivity (Wildman–Crippen MR) is 283 cm³/mol. The molecule has 0 saturated carbocycles. The first-order valence-corrected chi connectivity index (χ1v) is 27.2. The number of benzene rings is 10. The third-order valence-corrected chi connectivity index (χ3v) is 17.4. The number of halogens is 6. The third kappa shape index (κ3) is 12.4. The number of nitrogens with zero attached hydrogens (tertiary/aromatic N) is 1. The average molecular weight is 1090 g/mol. The van der Waals surface area contributed by atoms with Crippen LogP contribution >= 0.6 is 22.9 Å². The van der Waals surface area contributed by atoms with E-state index in [9.17, 15) is 25.2 Å². The van der Waals surface area contributed by atoms with Gasteiger partial charge in [-0.25, -0.2) is 0 Å². The molecule has 70 heavy (non-hydrogen) atoms. The van der Waals surface area contributed by atoms with Gasteiger partial charge in [0.25, 0.3) is 0 Å². The van der Waals surface area contributed by atoms with Crippen LogP contribution in [0.1, 0.15) is 18.5 Å². The van der Waals surface area contributed by atoms with E-state index in [2.05, 4.69) is 196 Å². The SMILES string of the molecule is C[C@@H](c1[c-]ccc2ccccc12)N(C)C.F[P-](F)(F)(F)(F)F.O=P(c1ccccc1)(c1ccccc1)c1ccc2ccccc2c1-c1c(P(c2ccccc2)c2ccccc2)ccc2ccccc12.[Pd+2]. The minimum absolute atomic E-state index is 0. The molecule has 2 nitrogen and oxygen atoms in total. The molecule has 0 amide bonds. The molecule has 10 aromatic rings. The van der Waals surface area contributed by atoms with E-state index in [4.69, 9.17) is 0 Å². The van der Waals surface area contributed by atoms with Gasteiger partial charge >= 0.3 is 53.4 Å².